The van der Waals surface area contributed by atoms with Crippen LogP contribution in [-0.4, -0.2) is 13.1 Å². The van der Waals surface area contributed by atoms with Crippen molar-refractivity contribution in [1.29, 1.82) is 0 Å². The molecule has 74 valence electrons. The number of halogens is 1. The van der Waals surface area contributed by atoms with Gasteiger partial charge in [0, 0.05) is 0 Å². The van der Waals surface area contributed by atoms with Crippen molar-refractivity contribution in [3.8, 4) is 0 Å². The Morgan fingerprint density at radius 2 is 2.29 bits per heavy atom. The minimum Gasteiger partial charge on any atom is -0.468 e. The Morgan fingerprint density at radius 3 is 2.93 bits per heavy atom. The van der Waals surface area contributed by atoms with Crippen LogP contribution < -0.4 is 0 Å². The van der Waals surface area contributed by atoms with E-state index in [9.17, 15) is 9.18 Å². The fourth-order valence-corrected chi connectivity index (χ4v) is 1.99. The van der Waals surface area contributed by atoms with Crippen LogP contribution in [0, 0.1) is 5.82 Å². The molecule has 0 saturated heterocycles. The van der Waals surface area contributed by atoms with Crippen LogP contribution in [-0.2, 0) is 21.4 Å². The zero-order valence-corrected chi connectivity index (χ0v) is 8.13. The molecule has 1 aromatic carbocycles. The van der Waals surface area contributed by atoms with Crippen molar-refractivity contribution in [2.45, 2.75) is 18.8 Å². The summed E-state index contributed by atoms with van der Waals surface area (Å²) < 4.78 is 17.6. The van der Waals surface area contributed by atoms with Gasteiger partial charge in [0.25, 0.3) is 0 Å². The Balaban J connectivity index is 2.43. The van der Waals surface area contributed by atoms with Crippen molar-refractivity contribution in [3.05, 3.63) is 35.1 Å². The second-order valence-electron chi connectivity index (χ2n) is 3.80. The van der Waals surface area contributed by atoms with E-state index in [2.05, 4.69) is 0 Å². The molecule has 0 amide bonds. The number of rotatable bonds is 1. The van der Waals surface area contributed by atoms with Gasteiger partial charge in [0.2, 0.25) is 0 Å². The van der Waals surface area contributed by atoms with Gasteiger partial charge < -0.3 is 4.74 Å². The van der Waals surface area contributed by atoms with Crippen LogP contribution in [0.15, 0.2) is 18.2 Å². The zero-order valence-electron chi connectivity index (χ0n) is 8.13. The molecule has 1 unspecified atom stereocenters. The summed E-state index contributed by atoms with van der Waals surface area (Å²) in [5.41, 5.74) is 1.13. The Bertz CT molecular complexity index is 400. The number of ether oxygens (including phenoxy) is 1. The quantitative estimate of drug-likeness (QED) is 0.637. The minimum absolute atomic E-state index is 0.296. The zero-order chi connectivity index (χ0) is 10.3. The van der Waals surface area contributed by atoms with Gasteiger partial charge in [-0.25, -0.2) is 4.39 Å². The third kappa shape index (κ3) is 1.05. The number of hydrogen-bond acceptors (Lipinski definition) is 2. The maximum atomic E-state index is 12.9. The number of esters is 1. The summed E-state index contributed by atoms with van der Waals surface area (Å²) in [4.78, 5) is 11.4. The molecule has 1 aliphatic carbocycles. The number of fused-ring (bicyclic) bond motifs is 1. The molecule has 0 N–H and O–H groups in total. The highest BCUT2D eigenvalue weighted by molar-refractivity contribution is 5.86. The van der Waals surface area contributed by atoms with Crippen molar-refractivity contribution in [2.75, 3.05) is 7.11 Å². The molecule has 0 aromatic heterocycles. The summed E-state index contributed by atoms with van der Waals surface area (Å²) in [6, 6.07) is 4.54. The number of benzene rings is 1. The van der Waals surface area contributed by atoms with Gasteiger partial charge in [0.1, 0.15) is 5.82 Å². The van der Waals surface area contributed by atoms with E-state index in [0.29, 0.717) is 6.42 Å². The van der Waals surface area contributed by atoms with Crippen LogP contribution in [0.5, 0.6) is 0 Å². The van der Waals surface area contributed by atoms with Crippen LogP contribution in [0.4, 0.5) is 4.39 Å². The number of carbonyl (C=O) groups excluding carboxylic acids is 1. The molecule has 2 rings (SSSR count). The van der Waals surface area contributed by atoms with Gasteiger partial charge in [0.05, 0.1) is 12.5 Å². The molecule has 1 aliphatic rings. The summed E-state index contributed by atoms with van der Waals surface area (Å²) in [6.45, 7) is 1.78. The van der Waals surface area contributed by atoms with Gasteiger partial charge in [-0.15, -0.1) is 0 Å². The molecule has 0 spiro atoms. The predicted octanol–water partition coefficient (Wildman–Crippen LogP) is 1.81. The molecule has 0 bridgehead atoms. The molecule has 1 aromatic rings. The first-order valence-electron chi connectivity index (χ1n) is 4.45. The smallest absolute Gasteiger partial charge is 0.316 e. The van der Waals surface area contributed by atoms with E-state index in [0.717, 1.165) is 11.1 Å². The average molecular weight is 194 g/mol. The molecule has 0 radical (unpaired) electrons. The van der Waals surface area contributed by atoms with E-state index < -0.39 is 5.41 Å². The van der Waals surface area contributed by atoms with Crippen molar-refractivity contribution in [3.63, 3.8) is 0 Å². The lowest BCUT2D eigenvalue weighted by Gasteiger charge is -2.38. The normalized spacial score (nSPS) is 23.6. The van der Waals surface area contributed by atoms with Crippen molar-refractivity contribution < 1.29 is 13.9 Å². The van der Waals surface area contributed by atoms with E-state index in [1.807, 2.05) is 0 Å². The Morgan fingerprint density at radius 1 is 1.57 bits per heavy atom. The Labute approximate surface area is 81.7 Å². The van der Waals surface area contributed by atoms with Crippen LogP contribution in [0.25, 0.3) is 0 Å². The highest BCUT2D eigenvalue weighted by Gasteiger charge is 2.45. The predicted molar refractivity (Wildman–Crippen MR) is 49.5 cm³/mol. The van der Waals surface area contributed by atoms with E-state index in [4.69, 9.17) is 4.74 Å². The molecule has 14 heavy (non-hydrogen) atoms. The summed E-state index contributed by atoms with van der Waals surface area (Å²) in [7, 11) is 1.35. The minimum atomic E-state index is -0.647. The molecule has 2 nitrogen and oxygen atoms in total. The van der Waals surface area contributed by atoms with Gasteiger partial charge >= 0.3 is 5.97 Å². The van der Waals surface area contributed by atoms with E-state index in [1.54, 1.807) is 13.0 Å². The summed E-state index contributed by atoms with van der Waals surface area (Å²) in [5, 5.41) is 0. The topological polar surface area (TPSA) is 26.3 Å². The largest absolute Gasteiger partial charge is 0.468 e. The highest BCUT2D eigenvalue weighted by Crippen LogP contribution is 2.41. The molecular formula is C11H11FO2. The average Bonchev–Trinajstić information content (AvgIpc) is 2.18. The Kier molecular flexibility index (Phi) is 1.84. The summed E-state index contributed by atoms with van der Waals surface area (Å²) >= 11 is 0. The van der Waals surface area contributed by atoms with Crippen LogP contribution in [0.2, 0.25) is 0 Å². The van der Waals surface area contributed by atoms with E-state index >= 15 is 0 Å². The standard InChI is InChI=1S/C11H11FO2/c1-11(10(13)14-2)6-7-3-4-8(12)5-9(7)11/h3-5H,6H2,1-2H3. The maximum absolute atomic E-state index is 12.9. The first-order valence-corrected chi connectivity index (χ1v) is 4.45. The van der Waals surface area contributed by atoms with Gasteiger partial charge in [-0.3, -0.25) is 4.79 Å². The molecule has 1 atom stereocenters. The highest BCUT2D eigenvalue weighted by atomic mass is 19.1. The SMILES string of the molecule is COC(=O)C1(C)Cc2ccc(F)cc21. The molecule has 0 heterocycles. The third-order valence-electron chi connectivity index (χ3n) is 2.85. The van der Waals surface area contributed by atoms with Gasteiger partial charge in [-0.2, -0.15) is 0 Å². The summed E-state index contributed by atoms with van der Waals surface area (Å²) in [6.07, 6.45) is 0.634. The fraction of sp³-hybridized carbons (Fsp3) is 0.364. The van der Waals surface area contributed by atoms with Gasteiger partial charge in [-0.05, 0) is 36.6 Å². The van der Waals surface area contributed by atoms with Gasteiger partial charge in [-0.1, -0.05) is 6.07 Å². The summed E-state index contributed by atoms with van der Waals surface area (Å²) in [5.74, 6) is -0.603. The maximum Gasteiger partial charge on any atom is 0.316 e. The van der Waals surface area contributed by atoms with Crippen molar-refractivity contribution >= 4 is 5.97 Å². The molecule has 0 saturated carbocycles. The second kappa shape index (κ2) is 2.80. The van der Waals surface area contributed by atoms with E-state index in [-0.39, 0.29) is 11.8 Å². The second-order valence-corrected chi connectivity index (χ2v) is 3.80. The van der Waals surface area contributed by atoms with Gasteiger partial charge in [0.15, 0.2) is 0 Å². The van der Waals surface area contributed by atoms with Crippen LogP contribution >= 0.6 is 0 Å². The lowest BCUT2D eigenvalue weighted by molar-refractivity contribution is -0.147. The third-order valence-corrected chi connectivity index (χ3v) is 2.85. The lowest BCUT2D eigenvalue weighted by Crippen LogP contribution is -2.44. The van der Waals surface area contributed by atoms with Crippen LogP contribution in [0.3, 0.4) is 0 Å². The lowest BCUT2D eigenvalue weighted by atomic mass is 9.65. The van der Waals surface area contributed by atoms with Crippen molar-refractivity contribution in [1.82, 2.24) is 0 Å². The van der Waals surface area contributed by atoms with Crippen LogP contribution in [0.1, 0.15) is 18.1 Å². The molecule has 0 fully saturated rings. The van der Waals surface area contributed by atoms with E-state index in [1.165, 1.54) is 19.2 Å². The first-order chi connectivity index (χ1) is 6.58. The molecular weight excluding hydrogens is 183 g/mol. The number of carbonyl (C=O) groups is 1. The first kappa shape index (κ1) is 9.19. The molecule has 3 heteroatoms. The monoisotopic (exact) mass is 194 g/mol. The molecule has 0 aliphatic heterocycles. The number of hydrogen-bond donors (Lipinski definition) is 0. The van der Waals surface area contributed by atoms with Crippen molar-refractivity contribution in [2.24, 2.45) is 0 Å². The Hall–Kier alpha value is -1.38. The number of methoxy groups -OCH3 is 1. The fourth-order valence-electron chi connectivity index (χ4n) is 1.99.